The van der Waals surface area contributed by atoms with Gasteiger partial charge in [0, 0.05) is 37.2 Å². The van der Waals surface area contributed by atoms with Gasteiger partial charge in [-0.15, -0.1) is 0 Å². The molecule has 0 N–H and O–H groups in total. The van der Waals surface area contributed by atoms with Crippen molar-refractivity contribution >= 4 is 29.5 Å². The van der Waals surface area contributed by atoms with Gasteiger partial charge in [0.05, 0.1) is 6.54 Å². The second kappa shape index (κ2) is 10.8. The molecule has 30 heavy (non-hydrogen) atoms. The summed E-state index contributed by atoms with van der Waals surface area (Å²) in [6.07, 6.45) is 4.81. The number of hydrogen-bond acceptors (Lipinski definition) is 3. The summed E-state index contributed by atoms with van der Waals surface area (Å²) >= 11 is 5.86. The Morgan fingerprint density at radius 1 is 1.10 bits per heavy atom. The number of halogens is 1. The Morgan fingerprint density at radius 3 is 2.43 bits per heavy atom. The lowest BCUT2D eigenvalue weighted by molar-refractivity contribution is -0.138. The molecule has 158 valence electrons. The Balaban J connectivity index is 1.40. The molecule has 3 rings (SSSR count). The molecule has 5 nitrogen and oxygen atoms in total. The predicted octanol–water partition coefficient (Wildman–Crippen LogP) is 4.13. The second-order valence-corrected chi connectivity index (χ2v) is 7.84. The lowest BCUT2D eigenvalue weighted by Gasteiger charge is -2.32. The molecule has 0 atom stereocenters. The molecule has 0 bridgehead atoms. The Hall–Kier alpha value is -2.79. The first-order chi connectivity index (χ1) is 14.5. The molecule has 1 heterocycles. The predicted molar refractivity (Wildman–Crippen MR) is 119 cm³/mol. The summed E-state index contributed by atoms with van der Waals surface area (Å²) in [7, 11) is 1.80. The molecule has 0 aliphatic carbocycles. The average molecular weight is 427 g/mol. The van der Waals surface area contributed by atoms with Crippen molar-refractivity contribution in [2.45, 2.75) is 12.8 Å². The smallest absolute Gasteiger partial charge is 0.246 e. The molecule has 0 saturated carbocycles. The van der Waals surface area contributed by atoms with Crippen LogP contribution in [0.3, 0.4) is 0 Å². The van der Waals surface area contributed by atoms with E-state index in [4.69, 9.17) is 16.3 Å². The van der Waals surface area contributed by atoms with E-state index in [0.29, 0.717) is 44.1 Å². The zero-order valence-electron chi connectivity index (χ0n) is 17.2. The number of carbonyl (C=O) groups excluding carboxylic acids is 2. The minimum Gasteiger partial charge on any atom is -0.492 e. The van der Waals surface area contributed by atoms with Crippen LogP contribution in [0.4, 0.5) is 0 Å². The van der Waals surface area contributed by atoms with Crippen molar-refractivity contribution < 1.29 is 14.3 Å². The van der Waals surface area contributed by atoms with Crippen LogP contribution in [0, 0.1) is 5.92 Å². The quantitative estimate of drug-likeness (QED) is 0.625. The molecule has 2 aromatic carbocycles. The maximum Gasteiger partial charge on any atom is 0.246 e. The monoisotopic (exact) mass is 426 g/mol. The largest absolute Gasteiger partial charge is 0.492 e. The maximum absolute atomic E-state index is 12.7. The fourth-order valence-electron chi connectivity index (χ4n) is 3.44. The number of ether oxygens (including phenoxy) is 1. The Labute approximate surface area is 182 Å². The van der Waals surface area contributed by atoms with Crippen LogP contribution in [0.25, 0.3) is 6.08 Å². The van der Waals surface area contributed by atoms with Crippen LogP contribution >= 0.6 is 11.6 Å². The zero-order valence-corrected chi connectivity index (χ0v) is 17.9. The van der Waals surface area contributed by atoms with E-state index in [1.807, 2.05) is 53.4 Å². The number of piperidine rings is 1. The fourth-order valence-corrected chi connectivity index (χ4v) is 3.56. The number of hydrogen-bond donors (Lipinski definition) is 0. The van der Waals surface area contributed by atoms with Gasteiger partial charge in [-0.1, -0.05) is 41.9 Å². The van der Waals surface area contributed by atoms with Crippen LogP contribution in [-0.4, -0.2) is 54.9 Å². The van der Waals surface area contributed by atoms with E-state index in [2.05, 4.69) is 0 Å². The summed E-state index contributed by atoms with van der Waals surface area (Å²) < 4.78 is 5.67. The highest BCUT2D eigenvalue weighted by atomic mass is 35.5. The van der Waals surface area contributed by atoms with Gasteiger partial charge in [-0.05, 0) is 48.7 Å². The van der Waals surface area contributed by atoms with Crippen molar-refractivity contribution in [1.82, 2.24) is 9.80 Å². The minimum absolute atomic E-state index is 0.00512. The van der Waals surface area contributed by atoms with Gasteiger partial charge < -0.3 is 14.5 Å². The lowest BCUT2D eigenvalue weighted by Crippen LogP contribution is -2.43. The summed E-state index contributed by atoms with van der Waals surface area (Å²) in [6.45, 7) is 2.14. The van der Waals surface area contributed by atoms with Crippen molar-refractivity contribution in [3.63, 3.8) is 0 Å². The number of likely N-dealkylation sites (N-methyl/N-ethyl adjacent to an activating group) is 1. The number of benzene rings is 2. The molecule has 0 unspecified atom stereocenters. The third kappa shape index (κ3) is 6.36. The number of likely N-dealkylation sites (tertiary alicyclic amines) is 1. The molecule has 2 amide bonds. The minimum atomic E-state index is -0.0484. The molecule has 1 aliphatic heterocycles. The van der Waals surface area contributed by atoms with Crippen LogP contribution in [0.1, 0.15) is 18.4 Å². The topological polar surface area (TPSA) is 49.9 Å². The van der Waals surface area contributed by atoms with E-state index in [1.165, 1.54) is 0 Å². The Bertz CT molecular complexity index is 860. The van der Waals surface area contributed by atoms with E-state index in [0.717, 1.165) is 11.3 Å². The van der Waals surface area contributed by atoms with Gasteiger partial charge >= 0.3 is 0 Å². The first-order valence-corrected chi connectivity index (χ1v) is 10.6. The van der Waals surface area contributed by atoms with Crippen molar-refractivity contribution in [3.8, 4) is 5.75 Å². The molecule has 0 spiro atoms. The van der Waals surface area contributed by atoms with E-state index < -0.39 is 0 Å². The normalized spacial score (nSPS) is 14.7. The van der Waals surface area contributed by atoms with Gasteiger partial charge in [-0.2, -0.15) is 0 Å². The first kappa shape index (κ1) is 21.9. The molecule has 0 aromatic heterocycles. The van der Waals surface area contributed by atoms with Crippen LogP contribution in [-0.2, 0) is 9.59 Å². The first-order valence-electron chi connectivity index (χ1n) is 10.2. The summed E-state index contributed by atoms with van der Waals surface area (Å²) in [5, 5.41) is 0.662. The Morgan fingerprint density at radius 2 is 1.77 bits per heavy atom. The third-order valence-corrected chi connectivity index (χ3v) is 5.51. The Kier molecular flexibility index (Phi) is 7.91. The second-order valence-electron chi connectivity index (χ2n) is 7.41. The van der Waals surface area contributed by atoms with Crippen molar-refractivity contribution in [1.29, 1.82) is 0 Å². The van der Waals surface area contributed by atoms with E-state index in [9.17, 15) is 9.59 Å². The standard InChI is InChI=1S/C24H27ClN2O3/c1-26(17-18-30-22-10-8-21(25)9-11-22)24(29)20-13-15-27(16-14-20)23(28)12-7-19-5-3-2-4-6-19/h2-12,20H,13-18H2,1H3. The third-order valence-electron chi connectivity index (χ3n) is 5.26. The van der Waals surface area contributed by atoms with Gasteiger partial charge in [0.25, 0.3) is 0 Å². The van der Waals surface area contributed by atoms with Gasteiger partial charge in [0.2, 0.25) is 11.8 Å². The van der Waals surface area contributed by atoms with Crippen LogP contribution < -0.4 is 4.74 Å². The summed E-state index contributed by atoms with van der Waals surface area (Å²) in [5.41, 5.74) is 0.998. The van der Waals surface area contributed by atoms with E-state index in [1.54, 1.807) is 30.2 Å². The molecule has 2 aromatic rings. The average Bonchev–Trinajstić information content (AvgIpc) is 2.79. The van der Waals surface area contributed by atoms with Crippen LogP contribution in [0.2, 0.25) is 5.02 Å². The van der Waals surface area contributed by atoms with Crippen LogP contribution in [0.5, 0.6) is 5.75 Å². The molecule has 6 heteroatoms. The van der Waals surface area contributed by atoms with Crippen molar-refractivity contribution in [2.24, 2.45) is 5.92 Å². The summed E-state index contributed by atoms with van der Waals surface area (Å²) in [5.74, 6) is 0.791. The summed E-state index contributed by atoms with van der Waals surface area (Å²) in [4.78, 5) is 28.6. The number of rotatable bonds is 7. The maximum atomic E-state index is 12.7. The van der Waals surface area contributed by atoms with Crippen molar-refractivity contribution in [3.05, 3.63) is 71.3 Å². The highest BCUT2D eigenvalue weighted by Crippen LogP contribution is 2.20. The van der Waals surface area contributed by atoms with Gasteiger partial charge in [-0.3, -0.25) is 9.59 Å². The molecule has 1 fully saturated rings. The number of amides is 2. The van der Waals surface area contributed by atoms with E-state index >= 15 is 0 Å². The molecule has 1 saturated heterocycles. The lowest BCUT2D eigenvalue weighted by atomic mass is 9.95. The molecular formula is C24H27ClN2O3. The van der Waals surface area contributed by atoms with Crippen molar-refractivity contribution in [2.75, 3.05) is 33.3 Å². The fraction of sp³-hybridized carbons (Fsp3) is 0.333. The summed E-state index contributed by atoms with van der Waals surface area (Å²) in [6, 6.07) is 16.9. The number of carbonyl (C=O) groups is 2. The highest BCUT2D eigenvalue weighted by molar-refractivity contribution is 6.30. The molecule has 1 aliphatic rings. The van der Waals surface area contributed by atoms with Gasteiger partial charge in [-0.25, -0.2) is 0 Å². The van der Waals surface area contributed by atoms with Crippen LogP contribution in [0.15, 0.2) is 60.7 Å². The highest BCUT2D eigenvalue weighted by Gasteiger charge is 2.28. The molecule has 0 radical (unpaired) electrons. The van der Waals surface area contributed by atoms with Gasteiger partial charge in [0.1, 0.15) is 12.4 Å². The zero-order chi connectivity index (χ0) is 21.3. The SMILES string of the molecule is CN(CCOc1ccc(Cl)cc1)C(=O)C1CCN(C(=O)C=Cc2ccccc2)CC1. The molecular weight excluding hydrogens is 400 g/mol. The number of nitrogens with zero attached hydrogens (tertiary/aromatic N) is 2. The van der Waals surface area contributed by atoms with E-state index in [-0.39, 0.29) is 17.7 Å². The van der Waals surface area contributed by atoms with Gasteiger partial charge in [0.15, 0.2) is 0 Å².